The molecule has 1 heterocycles. The first kappa shape index (κ1) is 21.6. The molecule has 2 atom stereocenters. The zero-order valence-electron chi connectivity index (χ0n) is 17.6. The molecule has 1 N–H and O–H groups in total. The highest BCUT2D eigenvalue weighted by Crippen LogP contribution is 2.38. The van der Waals surface area contributed by atoms with Crippen LogP contribution in [0.25, 0.3) is 0 Å². The van der Waals surface area contributed by atoms with Crippen molar-refractivity contribution >= 4 is 23.8 Å². The van der Waals surface area contributed by atoms with Crippen molar-refractivity contribution in [3.8, 4) is 0 Å². The van der Waals surface area contributed by atoms with E-state index in [4.69, 9.17) is 4.74 Å². The second-order valence-corrected chi connectivity index (χ2v) is 8.57. The van der Waals surface area contributed by atoms with Crippen LogP contribution in [0.4, 0.5) is 4.79 Å². The molecule has 1 aliphatic heterocycles. The molecule has 0 radical (unpaired) electrons. The number of ether oxygens (including phenoxy) is 1. The van der Waals surface area contributed by atoms with Crippen molar-refractivity contribution in [3.05, 3.63) is 0 Å². The van der Waals surface area contributed by atoms with Crippen molar-refractivity contribution in [1.82, 2.24) is 15.1 Å². The van der Waals surface area contributed by atoms with Gasteiger partial charge in [0, 0.05) is 12.6 Å². The number of imide groups is 1. The van der Waals surface area contributed by atoms with E-state index >= 15 is 0 Å². The highest BCUT2D eigenvalue weighted by atomic mass is 16.5. The molecule has 3 fully saturated rings. The third-order valence-electron chi connectivity index (χ3n) is 6.82. The van der Waals surface area contributed by atoms with Crippen LogP contribution in [0.15, 0.2) is 0 Å². The maximum absolute atomic E-state index is 12.9. The van der Waals surface area contributed by atoms with Crippen molar-refractivity contribution in [1.29, 1.82) is 0 Å². The number of amides is 4. The third-order valence-corrected chi connectivity index (χ3v) is 6.82. The fraction of sp³-hybridized carbons (Fsp3) is 0.810. The van der Waals surface area contributed by atoms with Crippen LogP contribution < -0.4 is 5.32 Å². The van der Waals surface area contributed by atoms with Crippen molar-refractivity contribution in [2.75, 3.05) is 19.7 Å². The first-order valence-electron chi connectivity index (χ1n) is 11.0. The van der Waals surface area contributed by atoms with Gasteiger partial charge in [0.1, 0.15) is 12.1 Å². The topological polar surface area (TPSA) is 96.0 Å². The van der Waals surface area contributed by atoms with E-state index in [0.29, 0.717) is 13.0 Å². The van der Waals surface area contributed by atoms with Gasteiger partial charge in [0.15, 0.2) is 6.61 Å². The summed E-state index contributed by atoms with van der Waals surface area (Å²) in [6.45, 7) is 3.65. The summed E-state index contributed by atoms with van der Waals surface area (Å²) in [7, 11) is 0. The fourth-order valence-corrected chi connectivity index (χ4v) is 5.07. The Kier molecular flexibility index (Phi) is 6.80. The normalized spacial score (nSPS) is 27.8. The summed E-state index contributed by atoms with van der Waals surface area (Å²) in [5.41, 5.74) is -0.897. The van der Waals surface area contributed by atoms with E-state index in [1.165, 1.54) is 6.42 Å². The lowest BCUT2D eigenvalue weighted by molar-refractivity contribution is -0.155. The quantitative estimate of drug-likeness (QED) is 0.538. The van der Waals surface area contributed by atoms with E-state index in [1.54, 1.807) is 4.90 Å². The van der Waals surface area contributed by atoms with Crippen LogP contribution in [0.1, 0.15) is 71.6 Å². The molecule has 2 aliphatic carbocycles. The molecular weight excluding hydrogens is 374 g/mol. The highest BCUT2D eigenvalue weighted by Gasteiger charge is 2.55. The van der Waals surface area contributed by atoms with Gasteiger partial charge in [-0.05, 0) is 38.5 Å². The van der Waals surface area contributed by atoms with Gasteiger partial charge < -0.3 is 15.0 Å². The number of nitrogens with zero attached hydrogens (tertiary/aromatic N) is 2. The average Bonchev–Trinajstić information content (AvgIpc) is 2.95. The molecule has 0 unspecified atom stereocenters. The first-order chi connectivity index (χ1) is 13.9. The van der Waals surface area contributed by atoms with Gasteiger partial charge in [0.05, 0.1) is 0 Å². The molecule has 0 aromatic carbocycles. The zero-order chi connectivity index (χ0) is 21.0. The Morgan fingerprint density at radius 2 is 1.83 bits per heavy atom. The molecule has 3 aliphatic rings. The number of carbonyl (C=O) groups is 4. The average molecular weight is 408 g/mol. The Balaban J connectivity index is 1.53. The van der Waals surface area contributed by atoms with Crippen molar-refractivity contribution in [3.63, 3.8) is 0 Å². The summed E-state index contributed by atoms with van der Waals surface area (Å²) in [4.78, 5) is 52.7. The van der Waals surface area contributed by atoms with Crippen molar-refractivity contribution in [2.45, 2.75) is 83.2 Å². The van der Waals surface area contributed by atoms with Crippen LogP contribution >= 0.6 is 0 Å². The number of carbonyl (C=O) groups excluding carboxylic acids is 4. The van der Waals surface area contributed by atoms with Gasteiger partial charge in [0.2, 0.25) is 0 Å². The Bertz CT molecular complexity index is 661. The SMILES string of the molecule is CCN(C(=O)COC(=O)CN1C(=O)N[C@@]2(CCCC[C@@H]2C)C1=O)C1CCCCC1. The van der Waals surface area contributed by atoms with Crippen LogP contribution in [-0.4, -0.2) is 64.9 Å². The summed E-state index contributed by atoms with van der Waals surface area (Å²) >= 11 is 0. The Labute approximate surface area is 172 Å². The molecule has 3 rings (SSSR count). The summed E-state index contributed by atoms with van der Waals surface area (Å²) in [6.07, 6.45) is 8.75. The maximum atomic E-state index is 12.9. The molecule has 0 aromatic heterocycles. The van der Waals surface area contributed by atoms with Crippen LogP contribution in [-0.2, 0) is 19.1 Å². The third kappa shape index (κ3) is 4.41. The minimum absolute atomic E-state index is 0.0314. The molecule has 4 amide bonds. The monoisotopic (exact) mass is 407 g/mol. The Hall–Kier alpha value is -2.12. The van der Waals surface area contributed by atoms with Crippen LogP contribution in [0.2, 0.25) is 0 Å². The van der Waals surface area contributed by atoms with E-state index in [0.717, 1.165) is 49.8 Å². The molecule has 1 spiro atoms. The number of nitrogens with one attached hydrogen (secondary N) is 1. The van der Waals surface area contributed by atoms with E-state index in [1.807, 2.05) is 13.8 Å². The Morgan fingerprint density at radius 1 is 1.14 bits per heavy atom. The summed E-state index contributed by atoms with van der Waals surface area (Å²) in [5.74, 6) is -1.27. The first-order valence-corrected chi connectivity index (χ1v) is 11.0. The lowest BCUT2D eigenvalue weighted by Crippen LogP contribution is -2.54. The van der Waals surface area contributed by atoms with Crippen LogP contribution in [0.3, 0.4) is 0 Å². The van der Waals surface area contributed by atoms with E-state index in [9.17, 15) is 19.2 Å². The van der Waals surface area contributed by atoms with E-state index < -0.39 is 24.1 Å². The van der Waals surface area contributed by atoms with Crippen LogP contribution in [0.5, 0.6) is 0 Å². The lowest BCUT2D eigenvalue weighted by Gasteiger charge is -2.36. The predicted octanol–water partition coefficient (Wildman–Crippen LogP) is 2.21. The van der Waals surface area contributed by atoms with Gasteiger partial charge in [-0.1, -0.05) is 39.0 Å². The van der Waals surface area contributed by atoms with Gasteiger partial charge in [0.25, 0.3) is 11.8 Å². The molecular formula is C21H33N3O5. The van der Waals surface area contributed by atoms with E-state index in [-0.39, 0.29) is 30.4 Å². The van der Waals surface area contributed by atoms with Crippen LogP contribution in [0, 0.1) is 5.92 Å². The van der Waals surface area contributed by atoms with Gasteiger partial charge >= 0.3 is 12.0 Å². The minimum Gasteiger partial charge on any atom is -0.454 e. The largest absolute Gasteiger partial charge is 0.454 e. The van der Waals surface area contributed by atoms with Gasteiger partial charge in [-0.25, -0.2) is 4.79 Å². The minimum atomic E-state index is -0.897. The summed E-state index contributed by atoms with van der Waals surface area (Å²) < 4.78 is 5.13. The van der Waals surface area contributed by atoms with Gasteiger partial charge in [-0.2, -0.15) is 0 Å². The molecule has 0 aromatic rings. The molecule has 162 valence electrons. The molecule has 0 bridgehead atoms. The fourth-order valence-electron chi connectivity index (χ4n) is 5.07. The second-order valence-electron chi connectivity index (χ2n) is 8.57. The van der Waals surface area contributed by atoms with Crippen molar-refractivity contribution in [2.24, 2.45) is 5.92 Å². The van der Waals surface area contributed by atoms with E-state index in [2.05, 4.69) is 5.32 Å². The Morgan fingerprint density at radius 3 is 2.48 bits per heavy atom. The molecule has 1 saturated heterocycles. The number of likely N-dealkylation sites (N-methyl/N-ethyl adjacent to an activating group) is 1. The maximum Gasteiger partial charge on any atom is 0.326 e. The van der Waals surface area contributed by atoms with Gasteiger partial charge in [-0.15, -0.1) is 0 Å². The zero-order valence-corrected chi connectivity index (χ0v) is 17.6. The number of hydrogen-bond acceptors (Lipinski definition) is 5. The highest BCUT2D eigenvalue weighted by molar-refractivity contribution is 6.09. The summed E-state index contributed by atoms with van der Waals surface area (Å²) in [5, 5.41) is 2.81. The molecule has 8 heteroatoms. The molecule has 29 heavy (non-hydrogen) atoms. The molecule has 8 nitrogen and oxygen atoms in total. The number of esters is 1. The molecule has 2 saturated carbocycles. The smallest absolute Gasteiger partial charge is 0.326 e. The number of hydrogen-bond donors (Lipinski definition) is 1. The lowest BCUT2D eigenvalue weighted by atomic mass is 9.73. The second kappa shape index (κ2) is 9.13. The number of urea groups is 1. The van der Waals surface area contributed by atoms with Crippen molar-refractivity contribution < 1.29 is 23.9 Å². The summed E-state index contributed by atoms with van der Waals surface area (Å²) in [6, 6.07) is -0.344. The number of rotatable bonds is 6. The predicted molar refractivity (Wildman–Crippen MR) is 106 cm³/mol. The standard InChI is InChI=1S/C21H33N3O5/c1-3-23(16-10-5-4-6-11-16)17(25)14-29-18(26)13-24-19(27)21(22-20(24)28)12-8-7-9-15(21)2/h15-16H,3-14H2,1-2H3,(H,22,28)/t15-,21+/m0/s1. The van der Waals surface area contributed by atoms with Gasteiger partial charge in [-0.3, -0.25) is 19.3 Å².